The number of nitrogens with two attached hydrogens (primary N) is 1. The Kier molecular flexibility index (Phi) is 2.27. The van der Waals surface area contributed by atoms with Gasteiger partial charge in [-0.15, -0.1) is 0 Å². The van der Waals surface area contributed by atoms with Crippen molar-refractivity contribution in [1.29, 1.82) is 0 Å². The molecule has 0 spiro atoms. The summed E-state index contributed by atoms with van der Waals surface area (Å²) in [5.41, 5.74) is 7.84. The molecule has 3 heteroatoms. The Balaban J connectivity index is 2.43. The second-order valence-electron chi connectivity index (χ2n) is 3.59. The van der Waals surface area contributed by atoms with Crippen LogP contribution in [0.4, 0.5) is 0 Å². The molecule has 0 unspecified atom stereocenters. The predicted molar refractivity (Wildman–Crippen MR) is 56.9 cm³/mol. The summed E-state index contributed by atoms with van der Waals surface area (Å²) in [4.78, 5) is 3.12. The monoisotopic (exact) mass is 190 g/mol. The summed E-state index contributed by atoms with van der Waals surface area (Å²) >= 11 is 0. The normalized spacial score (nSPS) is 15.6. The fourth-order valence-electron chi connectivity index (χ4n) is 1.55. The van der Waals surface area contributed by atoms with Crippen LogP contribution in [0.25, 0.3) is 10.9 Å². The largest absolute Gasteiger partial charge is 0.391 e. The Bertz CT molecular complexity index is 434. The van der Waals surface area contributed by atoms with E-state index in [0.717, 1.165) is 16.5 Å². The number of aromatic nitrogens is 1. The summed E-state index contributed by atoms with van der Waals surface area (Å²) in [6.07, 6.45) is 1.37. The number of aromatic amines is 1. The molecule has 14 heavy (non-hydrogen) atoms. The molecular formula is C11H14N2O. The number of rotatable bonds is 2. The first-order chi connectivity index (χ1) is 6.68. The average molecular weight is 190 g/mol. The Hall–Kier alpha value is -1.32. The molecular weight excluding hydrogens is 176 g/mol. The average Bonchev–Trinajstić information content (AvgIpc) is 2.62. The second kappa shape index (κ2) is 3.44. The Labute approximate surface area is 82.6 Å². The summed E-state index contributed by atoms with van der Waals surface area (Å²) < 4.78 is 0. The molecule has 0 amide bonds. The van der Waals surface area contributed by atoms with E-state index in [1.165, 1.54) is 0 Å². The van der Waals surface area contributed by atoms with E-state index in [1.807, 2.05) is 30.5 Å². The fraction of sp³-hybridized carbons (Fsp3) is 0.273. The first kappa shape index (κ1) is 9.24. The quantitative estimate of drug-likeness (QED) is 0.672. The lowest BCUT2D eigenvalue weighted by Crippen LogP contribution is -2.22. The van der Waals surface area contributed by atoms with Crippen LogP contribution in [0.3, 0.4) is 0 Å². The maximum absolute atomic E-state index is 9.36. The van der Waals surface area contributed by atoms with Crippen molar-refractivity contribution in [2.45, 2.75) is 19.1 Å². The number of hydrogen-bond donors (Lipinski definition) is 3. The lowest BCUT2D eigenvalue weighted by atomic mass is 10.0. The van der Waals surface area contributed by atoms with Crippen molar-refractivity contribution in [3.63, 3.8) is 0 Å². The van der Waals surface area contributed by atoms with Crippen LogP contribution in [0.15, 0.2) is 30.5 Å². The topological polar surface area (TPSA) is 62.0 Å². The molecule has 2 aromatic rings. The Morgan fingerprint density at radius 2 is 2.14 bits per heavy atom. The zero-order valence-electron chi connectivity index (χ0n) is 8.07. The first-order valence-corrected chi connectivity index (χ1v) is 4.69. The van der Waals surface area contributed by atoms with Crippen LogP contribution >= 0.6 is 0 Å². The summed E-state index contributed by atoms with van der Waals surface area (Å²) in [5.74, 6) is 0. The molecule has 0 aliphatic heterocycles. The minimum Gasteiger partial charge on any atom is -0.391 e. The van der Waals surface area contributed by atoms with Gasteiger partial charge in [-0.2, -0.15) is 0 Å². The van der Waals surface area contributed by atoms with Gasteiger partial charge in [-0.25, -0.2) is 0 Å². The molecule has 4 N–H and O–H groups in total. The van der Waals surface area contributed by atoms with Crippen LogP contribution in [0, 0.1) is 0 Å². The van der Waals surface area contributed by atoms with Crippen LogP contribution in [-0.4, -0.2) is 16.2 Å². The number of aliphatic hydroxyl groups is 1. The SMILES string of the molecule is C[C@@H](O)[C@H](N)c1ccc2cc[nH]c2c1. The lowest BCUT2D eigenvalue weighted by molar-refractivity contribution is 0.164. The van der Waals surface area contributed by atoms with Crippen LogP contribution in [-0.2, 0) is 0 Å². The summed E-state index contributed by atoms with van der Waals surface area (Å²) in [5, 5.41) is 10.5. The minimum atomic E-state index is -0.526. The van der Waals surface area contributed by atoms with Crippen molar-refractivity contribution >= 4 is 10.9 Å². The number of hydrogen-bond acceptors (Lipinski definition) is 2. The summed E-state index contributed by atoms with van der Waals surface area (Å²) in [6.45, 7) is 1.70. The van der Waals surface area contributed by atoms with Gasteiger partial charge < -0.3 is 15.8 Å². The van der Waals surface area contributed by atoms with Crippen molar-refractivity contribution < 1.29 is 5.11 Å². The van der Waals surface area contributed by atoms with Gasteiger partial charge in [0.05, 0.1) is 12.1 Å². The molecule has 0 aliphatic rings. The highest BCUT2D eigenvalue weighted by Gasteiger charge is 2.11. The fourth-order valence-corrected chi connectivity index (χ4v) is 1.55. The minimum absolute atomic E-state index is 0.317. The van der Waals surface area contributed by atoms with Crippen LogP contribution < -0.4 is 5.73 Å². The van der Waals surface area contributed by atoms with Crippen LogP contribution in [0.5, 0.6) is 0 Å². The number of fused-ring (bicyclic) bond motifs is 1. The summed E-state index contributed by atoms with van der Waals surface area (Å²) in [6, 6.07) is 7.62. The lowest BCUT2D eigenvalue weighted by Gasteiger charge is -2.14. The molecule has 1 aromatic heterocycles. The van der Waals surface area contributed by atoms with E-state index >= 15 is 0 Å². The van der Waals surface area contributed by atoms with Crippen molar-refractivity contribution in [2.75, 3.05) is 0 Å². The zero-order valence-corrected chi connectivity index (χ0v) is 8.07. The van der Waals surface area contributed by atoms with Gasteiger partial charge >= 0.3 is 0 Å². The molecule has 0 aliphatic carbocycles. The van der Waals surface area contributed by atoms with E-state index in [1.54, 1.807) is 6.92 Å². The predicted octanol–water partition coefficient (Wildman–Crippen LogP) is 1.55. The highest BCUT2D eigenvalue weighted by molar-refractivity contribution is 5.79. The molecule has 0 saturated heterocycles. The molecule has 1 aromatic carbocycles. The highest BCUT2D eigenvalue weighted by atomic mass is 16.3. The maximum atomic E-state index is 9.36. The second-order valence-corrected chi connectivity index (χ2v) is 3.59. The van der Waals surface area contributed by atoms with Crippen molar-refractivity contribution in [2.24, 2.45) is 5.73 Å². The molecule has 3 nitrogen and oxygen atoms in total. The van der Waals surface area contributed by atoms with Gasteiger partial charge in [0.15, 0.2) is 0 Å². The van der Waals surface area contributed by atoms with E-state index in [9.17, 15) is 5.11 Å². The van der Waals surface area contributed by atoms with Gasteiger partial charge in [0, 0.05) is 11.7 Å². The standard InChI is InChI=1S/C11H14N2O/c1-7(14)11(12)9-3-2-8-4-5-13-10(8)6-9/h2-7,11,13-14H,12H2,1H3/t7-,11+/m1/s1. The van der Waals surface area contributed by atoms with Gasteiger partial charge in [0.25, 0.3) is 0 Å². The molecule has 2 rings (SSSR count). The molecule has 0 radical (unpaired) electrons. The first-order valence-electron chi connectivity index (χ1n) is 4.69. The number of benzene rings is 1. The van der Waals surface area contributed by atoms with E-state index in [4.69, 9.17) is 5.73 Å². The van der Waals surface area contributed by atoms with Gasteiger partial charge in [-0.1, -0.05) is 12.1 Å². The molecule has 74 valence electrons. The molecule has 0 fully saturated rings. The number of H-pyrrole nitrogens is 1. The van der Waals surface area contributed by atoms with Gasteiger partial charge in [0.1, 0.15) is 0 Å². The van der Waals surface area contributed by atoms with E-state index in [2.05, 4.69) is 4.98 Å². The van der Waals surface area contributed by atoms with E-state index in [-0.39, 0.29) is 6.04 Å². The van der Waals surface area contributed by atoms with E-state index in [0.29, 0.717) is 0 Å². The number of aliphatic hydroxyl groups excluding tert-OH is 1. The van der Waals surface area contributed by atoms with Crippen LogP contribution in [0.1, 0.15) is 18.5 Å². The van der Waals surface area contributed by atoms with Crippen molar-refractivity contribution in [3.8, 4) is 0 Å². The third-order valence-electron chi connectivity index (χ3n) is 2.48. The van der Waals surface area contributed by atoms with E-state index < -0.39 is 6.10 Å². The van der Waals surface area contributed by atoms with Gasteiger partial charge in [0.2, 0.25) is 0 Å². The third kappa shape index (κ3) is 1.52. The summed E-state index contributed by atoms with van der Waals surface area (Å²) in [7, 11) is 0. The van der Waals surface area contributed by atoms with Crippen LogP contribution in [0.2, 0.25) is 0 Å². The Morgan fingerprint density at radius 1 is 1.36 bits per heavy atom. The van der Waals surface area contributed by atoms with Gasteiger partial charge in [-0.05, 0) is 30.0 Å². The van der Waals surface area contributed by atoms with Crippen molar-refractivity contribution in [3.05, 3.63) is 36.0 Å². The smallest absolute Gasteiger partial charge is 0.0704 e. The highest BCUT2D eigenvalue weighted by Crippen LogP contribution is 2.19. The maximum Gasteiger partial charge on any atom is 0.0704 e. The third-order valence-corrected chi connectivity index (χ3v) is 2.48. The molecule has 1 heterocycles. The molecule has 0 saturated carbocycles. The van der Waals surface area contributed by atoms with Crippen molar-refractivity contribution in [1.82, 2.24) is 4.98 Å². The number of nitrogens with one attached hydrogen (secondary N) is 1. The molecule has 0 bridgehead atoms. The molecule has 2 atom stereocenters. The van der Waals surface area contributed by atoms with Gasteiger partial charge in [-0.3, -0.25) is 0 Å². The Morgan fingerprint density at radius 3 is 2.86 bits per heavy atom. The zero-order chi connectivity index (χ0) is 10.1.